The monoisotopic (exact) mass is 413 g/mol. The molecule has 1 atom stereocenters. The van der Waals surface area contributed by atoms with Crippen LogP contribution in [0.5, 0.6) is 0 Å². The summed E-state index contributed by atoms with van der Waals surface area (Å²) in [7, 11) is 0. The Bertz CT molecular complexity index is 906. The summed E-state index contributed by atoms with van der Waals surface area (Å²) >= 11 is 1.36. The molecular formula is C22H27N3O3S. The molecule has 2 aromatic rings. The molecule has 0 spiro atoms. The number of rotatable bonds is 7. The number of hydrogen-bond acceptors (Lipinski definition) is 4. The van der Waals surface area contributed by atoms with Crippen molar-refractivity contribution in [1.82, 2.24) is 0 Å². The second kappa shape index (κ2) is 9.60. The van der Waals surface area contributed by atoms with E-state index in [1.807, 2.05) is 45.0 Å². The van der Waals surface area contributed by atoms with Gasteiger partial charge in [0.05, 0.1) is 16.5 Å². The summed E-state index contributed by atoms with van der Waals surface area (Å²) in [4.78, 5) is 37.1. The number of carbonyl (C=O) groups excluding carboxylic acids is 3. The number of benzene rings is 2. The molecule has 0 aliphatic rings. The standard InChI is InChI=1S/C22H27N3O3S/c1-14(21(28)25-18-11-6-5-10-17(18)20(23)27)29-16-9-7-8-15(12-16)24-19(26)13-22(2,3)4/h5-12,14H,13H2,1-4H3,(H2,23,27)(H,24,26)(H,25,28). The van der Waals surface area contributed by atoms with E-state index in [0.717, 1.165) is 4.90 Å². The number of carbonyl (C=O) groups is 3. The molecule has 0 aliphatic heterocycles. The van der Waals surface area contributed by atoms with Gasteiger partial charge < -0.3 is 16.4 Å². The second-order valence-electron chi connectivity index (χ2n) is 7.97. The average molecular weight is 414 g/mol. The molecule has 7 heteroatoms. The lowest BCUT2D eigenvalue weighted by molar-refractivity contribution is -0.118. The van der Waals surface area contributed by atoms with Gasteiger partial charge >= 0.3 is 0 Å². The van der Waals surface area contributed by atoms with Crippen LogP contribution in [0.2, 0.25) is 0 Å². The molecular weight excluding hydrogens is 386 g/mol. The molecule has 0 aliphatic carbocycles. The van der Waals surface area contributed by atoms with Crippen molar-refractivity contribution in [2.45, 2.75) is 44.3 Å². The van der Waals surface area contributed by atoms with Gasteiger partial charge in [-0.2, -0.15) is 0 Å². The molecule has 29 heavy (non-hydrogen) atoms. The lowest BCUT2D eigenvalue weighted by atomic mass is 9.92. The number of primary amides is 1. The van der Waals surface area contributed by atoms with Crippen LogP contribution in [0.3, 0.4) is 0 Å². The summed E-state index contributed by atoms with van der Waals surface area (Å²) in [6.07, 6.45) is 0.419. The number of para-hydroxylation sites is 1. The van der Waals surface area contributed by atoms with Gasteiger partial charge in [-0.25, -0.2) is 0 Å². The molecule has 1 unspecified atom stereocenters. The van der Waals surface area contributed by atoms with Crippen LogP contribution >= 0.6 is 11.8 Å². The molecule has 2 aromatic carbocycles. The topological polar surface area (TPSA) is 101 Å². The number of nitrogens with two attached hydrogens (primary N) is 1. The van der Waals surface area contributed by atoms with Gasteiger partial charge in [0.2, 0.25) is 11.8 Å². The zero-order chi connectivity index (χ0) is 21.6. The first-order valence-corrected chi connectivity index (χ1v) is 10.2. The van der Waals surface area contributed by atoms with E-state index < -0.39 is 11.2 Å². The largest absolute Gasteiger partial charge is 0.366 e. The van der Waals surface area contributed by atoms with Crippen molar-refractivity contribution in [1.29, 1.82) is 0 Å². The molecule has 0 bridgehead atoms. The fourth-order valence-corrected chi connectivity index (χ4v) is 3.56. The summed E-state index contributed by atoms with van der Waals surface area (Å²) in [6, 6.07) is 14.0. The Balaban J connectivity index is 2.02. The van der Waals surface area contributed by atoms with Crippen LogP contribution in [0, 0.1) is 5.41 Å². The first kappa shape index (κ1) is 22.5. The van der Waals surface area contributed by atoms with Crippen molar-refractivity contribution in [2.24, 2.45) is 11.1 Å². The molecule has 154 valence electrons. The molecule has 0 fully saturated rings. The zero-order valence-corrected chi connectivity index (χ0v) is 17.9. The van der Waals surface area contributed by atoms with Crippen LogP contribution in [0.15, 0.2) is 53.4 Å². The average Bonchev–Trinajstić information content (AvgIpc) is 2.60. The number of thioether (sulfide) groups is 1. The summed E-state index contributed by atoms with van der Waals surface area (Å²) < 4.78 is 0. The number of hydrogen-bond donors (Lipinski definition) is 3. The molecule has 0 saturated heterocycles. The molecule has 0 heterocycles. The molecule has 3 amide bonds. The fraction of sp³-hybridized carbons (Fsp3) is 0.318. The predicted molar refractivity (Wildman–Crippen MR) is 118 cm³/mol. The van der Waals surface area contributed by atoms with Crippen LogP contribution in [0.4, 0.5) is 11.4 Å². The lowest BCUT2D eigenvalue weighted by Crippen LogP contribution is -2.24. The number of amides is 3. The van der Waals surface area contributed by atoms with E-state index in [0.29, 0.717) is 17.8 Å². The maximum absolute atomic E-state index is 12.6. The highest BCUT2D eigenvalue weighted by atomic mass is 32.2. The van der Waals surface area contributed by atoms with Crippen molar-refractivity contribution in [2.75, 3.05) is 10.6 Å². The van der Waals surface area contributed by atoms with Gasteiger partial charge in [-0.05, 0) is 42.7 Å². The van der Waals surface area contributed by atoms with E-state index in [1.54, 1.807) is 31.2 Å². The molecule has 0 radical (unpaired) electrons. The van der Waals surface area contributed by atoms with Crippen molar-refractivity contribution in [3.05, 3.63) is 54.1 Å². The highest BCUT2D eigenvalue weighted by Gasteiger charge is 2.18. The maximum atomic E-state index is 12.6. The second-order valence-corrected chi connectivity index (χ2v) is 9.39. The summed E-state index contributed by atoms with van der Waals surface area (Å²) in [5.74, 6) is -0.890. The quantitative estimate of drug-likeness (QED) is 0.590. The Morgan fingerprint density at radius 3 is 2.38 bits per heavy atom. The van der Waals surface area contributed by atoms with Gasteiger partial charge in [-0.15, -0.1) is 11.8 Å². The van der Waals surface area contributed by atoms with Gasteiger partial charge in [0.15, 0.2) is 0 Å². The van der Waals surface area contributed by atoms with E-state index in [-0.39, 0.29) is 22.8 Å². The number of nitrogens with one attached hydrogen (secondary N) is 2. The Hall–Kier alpha value is -2.80. The van der Waals surface area contributed by atoms with E-state index >= 15 is 0 Å². The first-order valence-electron chi connectivity index (χ1n) is 9.31. The lowest BCUT2D eigenvalue weighted by Gasteiger charge is -2.17. The maximum Gasteiger partial charge on any atom is 0.250 e. The van der Waals surface area contributed by atoms with Crippen LogP contribution in [-0.2, 0) is 9.59 Å². The summed E-state index contributed by atoms with van der Waals surface area (Å²) in [6.45, 7) is 7.80. The van der Waals surface area contributed by atoms with Gasteiger partial charge in [-0.1, -0.05) is 39.0 Å². The Labute approximate surface area is 175 Å². The van der Waals surface area contributed by atoms with Crippen LogP contribution in [0.1, 0.15) is 44.5 Å². The minimum atomic E-state index is -0.597. The van der Waals surface area contributed by atoms with Crippen molar-refractivity contribution in [3.63, 3.8) is 0 Å². The molecule has 6 nitrogen and oxygen atoms in total. The Kier molecular flexibility index (Phi) is 7.45. The normalized spacial score (nSPS) is 12.1. The van der Waals surface area contributed by atoms with Crippen LogP contribution < -0.4 is 16.4 Å². The Morgan fingerprint density at radius 2 is 1.72 bits per heavy atom. The van der Waals surface area contributed by atoms with E-state index in [2.05, 4.69) is 10.6 Å². The van der Waals surface area contributed by atoms with Crippen molar-refractivity contribution in [3.8, 4) is 0 Å². The third kappa shape index (κ3) is 7.27. The van der Waals surface area contributed by atoms with Crippen molar-refractivity contribution < 1.29 is 14.4 Å². The van der Waals surface area contributed by atoms with E-state index in [4.69, 9.17) is 5.73 Å². The van der Waals surface area contributed by atoms with Crippen molar-refractivity contribution >= 4 is 40.9 Å². The summed E-state index contributed by atoms with van der Waals surface area (Å²) in [5, 5.41) is 5.23. The van der Waals surface area contributed by atoms with E-state index in [9.17, 15) is 14.4 Å². The highest BCUT2D eigenvalue weighted by Crippen LogP contribution is 2.27. The minimum absolute atomic E-state index is 0.0477. The minimum Gasteiger partial charge on any atom is -0.366 e. The third-order valence-corrected chi connectivity index (χ3v) is 5.03. The SMILES string of the molecule is CC(Sc1cccc(NC(=O)CC(C)(C)C)c1)C(=O)Nc1ccccc1C(N)=O. The molecule has 4 N–H and O–H groups in total. The van der Waals surface area contributed by atoms with Gasteiger partial charge in [0, 0.05) is 17.0 Å². The third-order valence-electron chi connectivity index (χ3n) is 3.94. The zero-order valence-electron chi connectivity index (χ0n) is 17.1. The smallest absolute Gasteiger partial charge is 0.250 e. The number of anilines is 2. The van der Waals surface area contributed by atoms with Crippen LogP contribution in [0.25, 0.3) is 0 Å². The van der Waals surface area contributed by atoms with Gasteiger partial charge in [0.25, 0.3) is 5.91 Å². The fourth-order valence-electron chi connectivity index (χ4n) is 2.63. The predicted octanol–water partition coefficient (Wildman–Crippen LogP) is 4.28. The van der Waals surface area contributed by atoms with Gasteiger partial charge in [0.1, 0.15) is 0 Å². The van der Waals surface area contributed by atoms with E-state index in [1.165, 1.54) is 11.8 Å². The molecule has 0 aromatic heterocycles. The highest BCUT2D eigenvalue weighted by molar-refractivity contribution is 8.00. The molecule has 2 rings (SSSR count). The summed E-state index contributed by atoms with van der Waals surface area (Å²) in [5.41, 5.74) is 6.61. The molecule has 0 saturated carbocycles. The van der Waals surface area contributed by atoms with Gasteiger partial charge in [-0.3, -0.25) is 14.4 Å². The first-order chi connectivity index (χ1) is 13.5. The van der Waals surface area contributed by atoms with Crippen LogP contribution in [-0.4, -0.2) is 23.0 Å². The Morgan fingerprint density at radius 1 is 1.03 bits per heavy atom.